The van der Waals surface area contributed by atoms with Crippen molar-refractivity contribution < 1.29 is 0 Å². The minimum absolute atomic E-state index is 0.777. The lowest BCUT2D eigenvalue weighted by molar-refractivity contribution is 1.03. The average molecular weight is 297 g/mol. The van der Waals surface area contributed by atoms with E-state index in [2.05, 4.69) is 38.1 Å². The van der Waals surface area contributed by atoms with Gasteiger partial charge in [-0.1, -0.05) is 15.9 Å². The van der Waals surface area contributed by atoms with E-state index < -0.39 is 0 Å². The first kappa shape index (κ1) is 11.5. The Kier molecular flexibility index (Phi) is 3.85. The third-order valence-electron chi connectivity index (χ3n) is 2.32. The zero-order valence-corrected chi connectivity index (χ0v) is 11.1. The number of halogens is 1. The first-order valence-electron chi connectivity index (χ1n) is 5.05. The minimum atomic E-state index is 0.777. The van der Waals surface area contributed by atoms with E-state index in [1.54, 1.807) is 11.3 Å². The van der Waals surface area contributed by atoms with Gasteiger partial charge in [0, 0.05) is 11.0 Å². The number of nitrogens with two attached hydrogens (primary N) is 1. The van der Waals surface area contributed by atoms with Crippen LogP contribution in [-0.4, -0.2) is 6.54 Å². The van der Waals surface area contributed by atoms with Crippen LogP contribution < -0.4 is 11.1 Å². The molecule has 16 heavy (non-hydrogen) atoms. The summed E-state index contributed by atoms with van der Waals surface area (Å²) in [4.78, 5) is 0. The molecular formula is C12H13BrN2S. The monoisotopic (exact) mass is 296 g/mol. The largest absolute Gasteiger partial charge is 0.397 e. The van der Waals surface area contributed by atoms with Crippen LogP contribution >= 0.6 is 27.3 Å². The van der Waals surface area contributed by atoms with Crippen molar-refractivity contribution in [2.24, 2.45) is 0 Å². The van der Waals surface area contributed by atoms with Gasteiger partial charge >= 0.3 is 0 Å². The second-order valence-electron chi connectivity index (χ2n) is 3.54. The van der Waals surface area contributed by atoms with Crippen LogP contribution in [0.3, 0.4) is 0 Å². The first-order chi connectivity index (χ1) is 7.75. The normalized spacial score (nSPS) is 10.3. The number of nitrogen functional groups attached to an aromatic ring is 1. The van der Waals surface area contributed by atoms with Crippen molar-refractivity contribution in [3.8, 4) is 0 Å². The molecule has 0 aliphatic rings. The average Bonchev–Trinajstić information content (AvgIpc) is 2.74. The molecular weight excluding hydrogens is 284 g/mol. The van der Waals surface area contributed by atoms with Crippen LogP contribution in [0.5, 0.6) is 0 Å². The second kappa shape index (κ2) is 5.37. The SMILES string of the molecule is Nc1cc(Br)ccc1NCCc1ccsc1. The molecule has 2 aromatic rings. The molecule has 0 aliphatic carbocycles. The molecule has 4 heteroatoms. The Hall–Kier alpha value is -1.00. The summed E-state index contributed by atoms with van der Waals surface area (Å²) in [5, 5.41) is 7.61. The molecule has 0 unspecified atom stereocenters. The predicted octanol–water partition coefficient (Wildman–Crippen LogP) is 3.75. The fourth-order valence-electron chi connectivity index (χ4n) is 1.47. The van der Waals surface area contributed by atoms with Crippen LogP contribution in [0, 0.1) is 0 Å². The lowest BCUT2D eigenvalue weighted by Gasteiger charge is -2.08. The molecule has 0 spiro atoms. The first-order valence-corrected chi connectivity index (χ1v) is 6.79. The number of rotatable bonds is 4. The van der Waals surface area contributed by atoms with Crippen LogP contribution in [0.2, 0.25) is 0 Å². The summed E-state index contributed by atoms with van der Waals surface area (Å²) in [6, 6.07) is 8.04. The Morgan fingerprint density at radius 3 is 2.88 bits per heavy atom. The molecule has 0 saturated carbocycles. The lowest BCUT2D eigenvalue weighted by Crippen LogP contribution is -2.06. The smallest absolute Gasteiger partial charge is 0.0574 e. The lowest BCUT2D eigenvalue weighted by atomic mass is 10.2. The minimum Gasteiger partial charge on any atom is -0.397 e. The zero-order chi connectivity index (χ0) is 11.4. The van der Waals surface area contributed by atoms with E-state index in [0.717, 1.165) is 28.8 Å². The van der Waals surface area contributed by atoms with Gasteiger partial charge in [0.15, 0.2) is 0 Å². The van der Waals surface area contributed by atoms with Crippen LogP contribution in [0.25, 0.3) is 0 Å². The molecule has 1 heterocycles. The highest BCUT2D eigenvalue weighted by molar-refractivity contribution is 9.10. The number of thiophene rings is 1. The maximum atomic E-state index is 5.89. The van der Waals surface area contributed by atoms with Gasteiger partial charge in [0.05, 0.1) is 11.4 Å². The fourth-order valence-corrected chi connectivity index (χ4v) is 2.55. The molecule has 0 amide bonds. The number of hydrogen-bond acceptors (Lipinski definition) is 3. The summed E-state index contributed by atoms with van der Waals surface area (Å²) in [5.74, 6) is 0. The van der Waals surface area contributed by atoms with Gasteiger partial charge in [-0.15, -0.1) is 0 Å². The highest BCUT2D eigenvalue weighted by atomic mass is 79.9. The molecule has 0 radical (unpaired) electrons. The molecule has 0 bridgehead atoms. The number of benzene rings is 1. The Morgan fingerprint density at radius 1 is 1.31 bits per heavy atom. The maximum absolute atomic E-state index is 5.89. The molecule has 0 saturated heterocycles. The van der Waals surface area contributed by atoms with E-state index in [4.69, 9.17) is 5.73 Å². The number of nitrogens with one attached hydrogen (secondary N) is 1. The maximum Gasteiger partial charge on any atom is 0.0574 e. The van der Waals surface area contributed by atoms with E-state index in [-0.39, 0.29) is 0 Å². The summed E-state index contributed by atoms with van der Waals surface area (Å²) in [6.07, 6.45) is 1.03. The van der Waals surface area contributed by atoms with Gasteiger partial charge in [0.25, 0.3) is 0 Å². The zero-order valence-electron chi connectivity index (χ0n) is 8.74. The van der Waals surface area contributed by atoms with Gasteiger partial charge in [-0.2, -0.15) is 11.3 Å². The second-order valence-corrected chi connectivity index (χ2v) is 5.24. The number of anilines is 2. The van der Waals surface area contributed by atoms with E-state index in [1.807, 2.05) is 18.2 Å². The molecule has 0 atom stereocenters. The van der Waals surface area contributed by atoms with E-state index >= 15 is 0 Å². The summed E-state index contributed by atoms with van der Waals surface area (Å²) in [6.45, 7) is 0.905. The summed E-state index contributed by atoms with van der Waals surface area (Å²) < 4.78 is 1.01. The van der Waals surface area contributed by atoms with Gasteiger partial charge < -0.3 is 11.1 Å². The molecule has 2 rings (SSSR count). The van der Waals surface area contributed by atoms with Crippen LogP contribution in [-0.2, 0) is 6.42 Å². The summed E-state index contributed by atoms with van der Waals surface area (Å²) in [7, 11) is 0. The quantitative estimate of drug-likeness (QED) is 0.844. The van der Waals surface area contributed by atoms with Gasteiger partial charge in [-0.3, -0.25) is 0 Å². The van der Waals surface area contributed by atoms with Gasteiger partial charge in [0.2, 0.25) is 0 Å². The van der Waals surface area contributed by atoms with Crippen molar-refractivity contribution in [2.75, 3.05) is 17.6 Å². The van der Waals surface area contributed by atoms with Gasteiger partial charge in [-0.05, 0) is 47.0 Å². The molecule has 84 valence electrons. The van der Waals surface area contributed by atoms with Crippen molar-refractivity contribution in [3.05, 3.63) is 45.1 Å². The molecule has 1 aromatic heterocycles. The van der Waals surface area contributed by atoms with Crippen molar-refractivity contribution >= 4 is 38.6 Å². The summed E-state index contributed by atoms with van der Waals surface area (Å²) in [5.41, 5.74) is 9.04. The topological polar surface area (TPSA) is 38.0 Å². The molecule has 1 aromatic carbocycles. The van der Waals surface area contributed by atoms with Crippen LogP contribution in [0.1, 0.15) is 5.56 Å². The molecule has 0 fully saturated rings. The Bertz CT molecular complexity index is 454. The van der Waals surface area contributed by atoms with E-state index in [1.165, 1.54) is 5.56 Å². The third kappa shape index (κ3) is 3.00. The molecule has 3 N–H and O–H groups in total. The van der Waals surface area contributed by atoms with Crippen LogP contribution in [0.4, 0.5) is 11.4 Å². The van der Waals surface area contributed by atoms with E-state index in [9.17, 15) is 0 Å². The summed E-state index contributed by atoms with van der Waals surface area (Å²) >= 11 is 5.12. The van der Waals surface area contributed by atoms with Crippen molar-refractivity contribution in [2.45, 2.75) is 6.42 Å². The Labute approximate surface area is 108 Å². The third-order valence-corrected chi connectivity index (χ3v) is 3.55. The van der Waals surface area contributed by atoms with Crippen molar-refractivity contribution in [1.29, 1.82) is 0 Å². The Morgan fingerprint density at radius 2 is 2.19 bits per heavy atom. The molecule has 2 nitrogen and oxygen atoms in total. The van der Waals surface area contributed by atoms with Crippen LogP contribution in [0.15, 0.2) is 39.5 Å². The number of hydrogen-bond donors (Lipinski definition) is 2. The fraction of sp³-hybridized carbons (Fsp3) is 0.167. The van der Waals surface area contributed by atoms with Gasteiger partial charge in [0.1, 0.15) is 0 Å². The highest BCUT2D eigenvalue weighted by Gasteiger charge is 1.99. The standard InChI is InChI=1S/C12H13BrN2S/c13-10-1-2-12(11(14)7-10)15-5-3-9-4-6-16-8-9/h1-2,4,6-8,15H,3,5,14H2. The van der Waals surface area contributed by atoms with E-state index in [0.29, 0.717) is 0 Å². The van der Waals surface area contributed by atoms with Crippen molar-refractivity contribution in [1.82, 2.24) is 0 Å². The van der Waals surface area contributed by atoms with Crippen molar-refractivity contribution in [3.63, 3.8) is 0 Å². The Balaban J connectivity index is 1.90. The van der Waals surface area contributed by atoms with Gasteiger partial charge in [-0.25, -0.2) is 0 Å². The highest BCUT2D eigenvalue weighted by Crippen LogP contribution is 2.22. The molecule has 0 aliphatic heterocycles. The predicted molar refractivity (Wildman–Crippen MR) is 75.1 cm³/mol.